The third-order valence-electron chi connectivity index (χ3n) is 4.03. The highest BCUT2D eigenvalue weighted by Crippen LogP contribution is 2.32. The van der Waals surface area contributed by atoms with E-state index in [0.717, 1.165) is 22.0 Å². The number of hydrogen-bond acceptors (Lipinski definition) is 4. The molecule has 6 heteroatoms. The molecule has 0 atom stereocenters. The third kappa shape index (κ3) is 4.73. The molecule has 0 unspecified atom stereocenters. The van der Waals surface area contributed by atoms with Crippen LogP contribution in [0, 0.1) is 0 Å². The number of hydrogen-bond donors (Lipinski definition) is 0. The van der Waals surface area contributed by atoms with Crippen molar-refractivity contribution >= 4 is 40.5 Å². The fraction of sp³-hybridized carbons (Fsp3) is 0.238. The molecule has 0 bridgehead atoms. The van der Waals surface area contributed by atoms with E-state index in [0.29, 0.717) is 29.6 Å². The molecule has 1 fully saturated rings. The topological polar surface area (TPSA) is 41.9 Å². The van der Waals surface area contributed by atoms with Gasteiger partial charge in [0.05, 0.1) is 4.91 Å². The van der Waals surface area contributed by atoms with Crippen LogP contribution in [-0.4, -0.2) is 29.1 Å². The van der Waals surface area contributed by atoms with Gasteiger partial charge in [0.15, 0.2) is 5.17 Å². The van der Waals surface area contributed by atoms with Gasteiger partial charge in [-0.3, -0.25) is 14.7 Å². The molecule has 0 spiro atoms. The van der Waals surface area contributed by atoms with Gasteiger partial charge in [-0.05, 0) is 55.4 Å². The quantitative estimate of drug-likeness (QED) is 0.623. The van der Waals surface area contributed by atoms with Crippen LogP contribution in [0.2, 0.25) is 5.02 Å². The molecule has 0 aromatic heterocycles. The molecule has 0 saturated carbocycles. The summed E-state index contributed by atoms with van der Waals surface area (Å²) in [6.07, 6.45) is 1.89. The van der Waals surface area contributed by atoms with Crippen molar-refractivity contribution in [2.24, 2.45) is 4.99 Å². The van der Waals surface area contributed by atoms with Crippen molar-refractivity contribution < 1.29 is 9.53 Å². The van der Waals surface area contributed by atoms with E-state index in [1.807, 2.05) is 68.5 Å². The van der Waals surface area contributed by atoms with Crippen molar-refractivity contribution in [2.75, 3.05) is 13.1 Å². The Hall–Kier alpha value is -2.24. The summed E-state index contributed by atoms with van der Waals surface area (Å²) in [4.78, 5) is 19.3. The van der Waals surface area contributed by atoms with Gasteiger partial charge in [0, 0.05) is 23.7 Å². The van der Waals surface area contributed by atoms with Crippen molar-refractivity contribution in [1.29, 1.82) is 0 Å². The first-order chi connectivity index (χ1) is 13.1. The predicted molar refractivity (Wildman–Crippen MR) is 113 cm³/mol. The predicted octanol–water partition coefficient (Wildman–Crippen LogP) is 5.23. The van der Waals surface area contributed by atoms with E-state index in [9.17, 15) is 4.79 Å². The van der Waals surface area contributed by atoms with Crippen LogP contribution in [-0.2, 0) is 11.4 Å². The van der Waals surface area contributed by atoms with E-state index in [1.165, 1.54) is 11.8 Å². The van der Waals surface area contributed by atoms with Gasteiger partial charge in [-0.25, -0.2) is 0 Å². The minimum absolute atomic E-state index is 0.00810. The number of amidine groups is 1. The Morgan fingerprint density at radius 3 is 2.56 bits per heavy atom. The zero-order valence-electron chi connectivity index (χ0n) is 15.3. The van der Waals surface area contributed by atoms with Crippen molar-refractivity contribution in [3.8, 4) is 5.75 Å². The molecule has 1 aliphatic rings. The second kappa shape index (κ2) is 9.11. The Morgan fingerprint density at radius 2 is 1.89 bits per heavy atom. The lowest BCUT2D eigenvalue weighted by Crippen LogP contribution is -2.28. The van der Waals surface area contributed by atoms with E-state index < -0.39 is 0 Å². The highest BCUT2D eigenvalue weighted by molar-refractivity contribution is 8.18. The number of halogens is 1. The van der Waals surface area contributed by atoms with Crippen LogP contribution in [0.1, 0.15) is 25.0 Å². The van der Waals surface area contributed by atoms with Crippen LogP contribution in [0.4, 0.5) is 0 Å². The Balaban J connectivity index is 1.69. The molecule has 1 amide bonds. The third-order valence-corrected chi connectivity index (χ3v) is 5.44. The van der Waals surface area contributed by atoms with Crippen LogP contribution in [0.5, 0.6) is 5.75 Å². The summed E-state index contributed by atoms with van der Waals surface area (Å²) < 4.78 is 5.80. The maximum Gasteiger partial charge on any atom is 0.266 e. The average Bonchev–Trinajstić information content (AvgIpc) is 2.97. The molecule has 0 aliphatic carbocycles. The molecule has 2 aromatic rings. The monoisotopic (exact) mass is 400 g/mol. The van der Waals surface area contributed by atoms with Crippen molar-refractivity contribution in [2.45, 2.75) is 20.5 Å². The minimum atomic E-state index is 0.00810. The summed E-state index contributed by atoms with van der Waals surface area (Å²) in [5.74, 6) is 0.764. The summed E-state index contributed by atoms with van der Waals surface area (Å²) in [7, 11) is 0. The number of benzene rings is 2. The molecule has 3 rings (SSSR count). The van der Waals surface area contributed by atoms with E-state index >= 15 is 0 Å². The average molecular weight is 401 g/mol. The van der Waals surface area contributed by atoms with Gasteiger partial charge in [0.25, 0.3) is 5.91 Å². The molecule has 2 aromatic carbocycles. The van der Waals surface area contributed by atoms with E-state index in [1.54, 1.807) is 4.90 Å². The van der Waals surface area contributed by atoms with Crippen LogP contribution < -0.4 is 4.74 Å². The molecule has 1 heterocycles. The van der Waals surface area contributed by atoms with E-state index in [-0.39, 0.29) is 5.91 Å². The number of thioether (sulfide) groups is 1. The number of nitrogens with zero attached hydrogens (tertiary/aromatic N) is 2. The van der Waals surface area contributed by atoms with Crippen LogP contribution in [0.3, 0.4) is 0 Å². The number of amides is 1. The summed E-state index contributed by atoms with van der Waals surface area (Å²) in [6, 6.07) is 15.3. The van der Waals surface area contributed by atoms with Crippen molar-refractivity contribution in [3.05, 3.63) is 69.6 Å². The van der Waals surface area contributed by atoms with Crippen LogP contribution in [0.25, 0.3) is 6.08 Å². The van der Waals surface area contributed by atoms with E-state index in [4.69, 9.17) is 16.3 Å². The number of aliphatic imine (C=N–C) groups is 1. The van der Waals surface area contributed by atoms with Gasteiger partial charge in [-0.15, -0.1) is 0 Å². The lowest BCUT2D eigenvalue weighted by Gasteiger charge is -2.11. The zero-order valence-corrected chi connectivity index (χ0v) is 16.9. The molecular formula is C21H21ClN2O2S. The molecule has 140 valence electrons. The highest BCUT2D eigenvalue weighted by Gasteiger charge is 2.31. The maximum absolute atomic E-state index is 12.5. The number of likely N-dealkylation sites (N-methyl/N-ethyl adjacent to an activating group) is 1. The Kier molecular flexibility index (Phi) is 6.58. The number of ether oxygens (including phenoxy) is 1. The second-order valence-corrected chi connectivity index (χ2v) is 7.28. The smallest absolute Gasteiger partial charge is 0.266 e. The number of carbonyl (C=O) groups is 1. The van der Waals surface area contributed by atoms with Gasteiger partial charge < -0.3 is 4.74 Å². The number of carbonyl (C=O) groups excluding carboxylic acids is 1. The van der Waals surface area contributed by atoms with Crippen LogP contribution >= 0.6 is 23.4 Å². The fourth-order valence-corrected chi connectivity index (χ4v) is 3.92. The second-order valence-electron chi connectivity index (χ2n) is 5.87. The largest absolute Gasteiger partial charge is 0.489 e. The Morgan fingerprint density at radius 1 is 1.15 bits per heavy atom. The SMILES string of the molecule is CCN=C1SC(=Cc2ccc(OCc3ccccc3Cl)cc2)C(=O)N1CC. The Bertz CT molecular complexity index is 878. The molecule has 0 radical (unpaired) electrons. The first-order valence-corrected chi connectivity index (χ1v) is 10.0. The Labute approximate surface area is 168 Å². The molecule has 0 N–H and O–H groups in total. The zero-order chi connectivity index (χ0) is 19.2. The number of rotatable bonds is 6. The van der Waals surface area contributed by atoms with Gasteiger partial charge in [0.1, 0.15) is 12.4 Å². The van der Waals surface area contributed by atoms with Gasteiger partial charge in [-0.1, -0.05) is 41.9 Å². The fourth-order valence-electron chi connectivity index (χ4n) is 2.63. The molecule has 4 nitrogen and oxygen atoms in total. The summed E-state index contributed by atoms with van der Waals surface area (Å²) in [6.45, 7) is 5.62. The molecule has 27 heavy (non-hydrogen) atoms. The van der Waals surface area contributed by atoms with Gasteiger partial charge in [-0.2, -0.15) is 0 Å². The minimum Gasteiger partial charge on any atom is -0.489 e. The van der Waals surface area contributed by atoms with Crippen LogP contribution in [0.15, 0.2) is 58.4 Å². The van der Waals surface area contributed by atoms with E-state index in [2.05, 4.69) is 4.99 Å². The first kappa shape index (κ1) is 19.5. The lowest BCUT2D eigenvalue weighted by molar-refractivity contribution is -0.122. The van der Waals surface area contributed by atoms with Crippen molar-refractivity contribution in [1.82, 2.24) is 4.90 Å². The summed E-state index contributed by atoms with van der Waals surface area (Å²) >= 11 is 7.57. The van der Waals surface area contributed by atoms with Gasteiger partial charge in [0.2, 0.25) is 0 Å². The molecular weight excluding hydrogens is 380 g/mol. The molecule has 1 aliphatic heterocycles. The van der Waals surface area contributed by atoms with Gasteiger partial charge >= 0.3 is 0 Å². The first-order valence-electron chi connectivity index (χ1n) is 8.84. The summed E-state index contributed by atoms with van der Waals surface area (Å²) in [5, 5.41) is 1.47. The maximum atomic E-state index is 12.5. The molecule has 1 saturated heterocycles. The standard InChI is InChI=1S/C21H21ClN2O2S/c1-3-23-21-24(4-2)20(25)19(27-21)13-15-9-11-17(12-10-15)26-14-16-7-5-6-8-18(16)22/h5-13H,3-4,14H2,1-2H3. The highest BCUT2D eigenvalue weighted by atomic mass is 35.5. The normalized spacial score (nSPS) is 17.1. The van der Waals surface area contributed by atoms with Crippen molar-refractivity contribution in [3.63, 3.8) is 0 Å². The summed E-state index contributed by atoms with van der Waals surface area (Å²) in [5.41, 5.74) is 1.89. The lowest BCUT2D eigenvalue weighted by atomic mass is 10.2.